The van der Waals surface area contributed by atoms with Crippen LogP contribution in [0.5, 0.6) is 0 Å². The molecular formula is C7H11N3O4S. The Morgan fingerprint density at radius 3 is 2.87 bits per heavy atom. The third kappa shape index (κ3) is 2.93. The Morgan fingerprint density at radius 2 is 2.40 bits per heavy atom. The number of hydrogen-bond donors (Lipinski definition) is 3. The number of thiazole rings is 1. The molecule has 7 nitrogen and oxygen atoms in total. The predicted molar refractivity (Wildman–Crippen MR) is 53.7 cm³/mol. The van der Waals surface area contributed by atoms with E-state index in [0.29, 0.717) is 0 Å². The first-order valence-electron chi connectivity index (χ1n) is 4.17. The molecule has 0 bridgehead atoms. The van der Waals surface area contributed by atoms with Crippen molar-refractivity contribution >= 4 is 16.3 Å². The first kappa shape index (κ1) is 12.0. The van der Waals surface area contributed by atoms with E-state index < -0.39 is 17.1 Å². The lowest BCUT2D eigenvalue weighted by atomic mass is 10.2. The standard InChI is InChI=1S/C7H11N3O4S/c1-8-2-4(11)6(12)7-9-3-5(15-7)10(13)14/h3-4,6,8,11-12H,2H2,1H3. The molecule has 8 heteroatoms. The van der Waals surface area contributed by atoms with Crippen LogP contribution in [-0.2, 0) is 0 Å². The largest absolute Gasteiger partial charge is 0.389 e. The minimum atomic E-state index is -1.20. The van der Waals surface area contributed by atoms with Crippen molar-refractivity contribution in [2.75, 3.05) is 13.6 Å². The molecule has 1 rings (SSSR count). The van der Waals surface area contributed by atoms with Crippen LogP contribution in [0.2, 0.25) is 0 Å². The molecule has 0 aliphatic rings. The highest BCUT2D eigenvalue weighted by Crippen LogP contribution is 2.27. The van der Waals surface area contributed by atoms with Crippen molar-refractivity contribution in [1.82, 2.24) is 10.3 Å². The Kier molecular flexibility index (Phi) is 4.09. The Labute approximate surface area is 89.5 Å². The van der Waals surface area contributed by atoms with E-state index in [0.717, 1.165) is 17.5 Å². The zero-order valence-electron chi connectivity index (χ0n) is 7.95. The van der Waals surface area contributed by atoms with Crippen molar-refractivity contribution in [2.45, 2.75) is 12.2 Å². The molecule has 1 aromatic rings. The van der Waals surface area contributed by atoms with Crippen LogP contribution in [0.3, 0.4) is 0 Å². The highest BCUT2D eigenvalue weighted by Gasteiger charge is 2.23. The number of nitrogens with zero attached hydrogens (tertiary/aromatic N) is 2. The van der Waals surface area contributed by atoms with Gasteiger partial charge >= 0.3 is 5.00 Å². The molecule has 1 heterocycles. The smallest absolute Gasteiger partial charge is 0.344 e. The minimum Gasteiger partial charge on any atom is -0.389 e. The van der Waals surface area contributed by atoms with Gasteiger partial charge in [0.1, 0.15) is 17.3 Å². The van der Waals surface area contributed by atoms with E-state index in [1.807, 2.05) is 0 Å². The second kappa shape index (κ2) is 5.12. The maximum atomic E-state index is 10.4. The lowest BCUT2D eigenvalue weighted by molar-refractivity contribution is -0.380. The molecular weight excluding hydrogens is 222 g/mol. The van der Waals surface area contributed by atoms with Crippen LogP contribution in [0.15, 0.2) is 6.20 Å². The van der Waals surface area contributed by atoms with Gasteiger partial charge in [-0.25, -0.2) is 4.98 Å². The molecule has 0 spiro atoms. The summed E-state index contributed by atoms with van der Waals surface area (Å²) in [5, 5.41) is 32.0. The summed E-state index contributed by atoms with van der Waals surface area (Å²) in [5.74, 6) is 0. The molecule has 0 fully saturated rings. The molecule has 1 aromatic heterocycles. The molecule has 0 saturated heterocycles. The zero-order valence-corrected chi connectivity index (χ0v) is 8.77. The first-order valence-corrected chi connectivity index (χ1v) is 4.98. The van der Waals surface area contributed by atoms with Crippen LogP contribution < -0.4 is 5.32 Å². The van der Waals surface area contributed by atoms with E-state index >= 15 is 0 Å². The number of nitro groups is 1. The Bertz CT molecular complexity index is 343. The third-order valence-corrected chi connectivity index (χ3v) is 2.74. The van der Waals surface area contributed by atoms with E-state index in [2.05, 4.69) is 10.3 Å². The van der Waals surface area contributed by atoms with Crippen LogP contribution in [-0.4, -0.2) is 39.8 Å². The van der Waals surface area contributed by atoms with E-state index in [-0.39, 0.29) is 16.6 Å². The lowest BCUT2D eigenvalue weighted by Crippen LogP contribution is -2.29. The first-order chi connectivity index (χ1) is 7.06. The average molecular weight is 233 g/mol. The van der Waals surface area contributed by atoms with Gasteiger partial charge in [0, 0.05) is 6.54 Å². The highest BCUT2D eigenvalue weighted by molar-refractivity contribution is 7.14. The van der Waals surface area contributed by atoms with Gasteiger partial charge in [0.2, 0.25) is 0 Å². The number of nitrogens with one attached hydrogen (secondary N) is 1. The van der Waals surface area contributed by atoms with Crippen LogP contribution in [0.4, 0.5) is 5.00 Å². The monoisotopic (exact) mass is 233 g/mol. The second-order valence-corrected chi connectivity index (χ2v) is 3.90. The van der Waals surface area contributed by atoms with Gasteiger partial charge in [-0.2, -0.15) is 0 Å². The summed E-state index contributed by atoms with van der Waals surface area (Å²) in [6.45, 7) is 0.189. The summed E-state index contributed by atoms with van der Waals surface area (Å²) in [7, 11) is 1.63. The molecule has 0 aromatic carbocycles. The molecule has 2 atom stereocenters. The van der Waals surface area contributed by atoms with E-state index in [1.165, 1.54) is 0 Å². The maximum absolute atomic E-state index is 10.4. The van der Waals surface area contributed by atoms with E-state index in [1.54, 1.807) is 7.05 Å². The quantitative estimate of drug-likeness (QED) is 0.474. The van der Waals surface area contributed by atoms with Crippen molar-refractivity contribution in [3.8, 4) is 0 Å². The summed E-state index contributed by atoms with van der Waals surface area (Å²) >= 11 is 0.755. The van der Waals surface area contributed by atoms with Crippen molar-refractivity contribution in [3.05, 3.63) is 21.3 Å². The van der Waals surface area contributed by atoms with Crippen LogP contribution >= 0.6 is 11.3 Å². The number of likely N-dealkylation sites (N-methyl/N-ethyl adjacent to an activating group) is 1. The fourth-order valence-corrected chi connectivity index (χ4v) is 1.76. The van der Waals surface area contributed by atoms with Gasteiger partial charge < -0.3 is 15.5 Å². The van der Waals surface area contributed by atoms with Crippen LogP contribution in [0.25, 0.3) is 0 Å². The van der Waals surface area contributed by atoms with Gasteiger partial charge in [0.05, 0.1) is 11.0 Å². The highest BCUT2D eigenvalue weighted by atomic mass is 32.1. The molecule has 0 aliphatic carbocycles. The molecule has 0 saturated carbocycles. The molecule has 3 N–H and O–H groups in total. The molecule has 84 valence electrons. The summed E-state index contributed by atoms with van der Waals surface area (Å²) < 4.78 is 0. The Hall–Kier alpha value is -1.09. The van der Waals surface area contributed by atoms with Crippen LogP contribution in [0.1, 0.15) is 11.1 Å². The third-order valence-electron chi connectivity index (χ3n) is 1.72. The van der Waals surface area contributed by atoms with E-state index in [9.17, 15) is 20.3 Å². The summed E-state index contributed by atoms with van der Waals surface area (Å²) in [6, 6.07) is 0. The molecule has 0 radical (unpaired) electrons. The van der Waals surface area contributed by atoms with Gasteiger partial charge in [-0.3, -0.25) is 10.1 Å². The lowest BCUT2D eigenvalue weighted by Gasteiger charge is -2.14. The summed E-state index contributed by atoms with van der Waals surface area (Å²) in [5.41, 5.74) is 0. The normalized spacial score (nSPS) is 14.9. The number of aliphatic hydroxyl groups is 2. The average Bonchev–Trinajstić information content (AvgIpc) is 2.65. The van der Waals surface area contributed by atoms with Gasteiger partial charge in [0.15, 0.2) is 0 Å². The van der Waals surface area contributed by atoms with E-state index in [4.69, 9.17) is 0 Å². The maximum Gasteiger partial charge on any atom is 0.344 e. The number of aliphatic hydroxyl groups excluding tert-OH is 2. The topological polar surface area (TPSA) is 109 Å². The van der Waals surface area contributed by atoms with Crippen molar-refractivity contribution in [3.63, 3.8) is 0 Å². The molecule has 0 amide bonds. The minimum absolute atomic E-state index is 0.143. The van der Waals surface area contributed by atoms with Gasteiger partial charge in [-0.1, -0.05) is 0 Å². The predicted octanol–water partition coefficient (Wildman–Crippen LogP) is -0.335. The fourth-order valence-electron chi connectivity index (χ4n) is 0.985. The van der Waals surface area contributed by atoms with Crippen molar-refractivity contribution in [1.29, 1.82) is 0 Å². The molecule has 15 heavy (non-hydrogen) atoms. The zero-order chi connectivity index (χ0) is 11.4. The summed E-state index contributed by atoms with van der Waals surface area (Å²) in [4.78, 5) is 13.4. The van der Waals surface area contributed by atoms with Gasteiger partial charge in [-0.05, 0) is 18.4 Å². The number of aromatic nitrogens is 1. The van der Waals surface area contributed by atoms with Crippen molar-refractivity contribution in [2.24, 2.45) is 0 Å². The SMILES string of the molecule is CNCC(O)C(O)c1ncc([N+](=O)[O-])s1. The van der Waals surface area contributed by atoms with Crippen LogP contribution in [0, 0.1) is 10.1 Å². The van der Waals surface area contributed by atoms with Crippen molar-refractivity contribution < 1.29 is 15.1 Å². The molecule has 2 unspecified atom stereocenters. The fraction of sp³-hybridized carbons (Fsp3) is 0.571. The number of hydrogen-bond acceptors (Lipinski definition) is 7. The Balaban J connectivity index is 2.73. The second-order valence-electron chi connectivity index (χ2n) is 2.86. The van der Waals surface area contributed by atoms with Gasteiger partial charge in [0.25, 0.3) is 0 Å². The van der Waals surface area contributed by atoms with Gasteiger partial charge in [-0.15, -0.1) is 0 Å². The number of rotatable bonds is 5. The summed E-state index contributed by atoms with van der Waals surface area (Å²) in [6.07, 6.45) is -1.16. The Morgan fingerprint density at radius 1 is 1.73 bits per heavy atom. The molecule has 0 aliphatic heterocycles.